The Bertz CT molecular complexity index is 2500. The number of carbonyl (C=O) groups is 1. The fourth-order valence-electron chi connectivity index (χ4n) is 9.23. The molecule has 3 aliphatic rings. The summed E-state index contributed by atoms with van der Waals surface area (Å²) in [5, 5.41) is 0. The molecule has 0 bridgehead atoms. The summed E-state index contributed by atoms with van der Waals surface area (Å²) in [5.74, 6) is 0.0450. The van der Waals surface area contributed by atoms with Gasteiger partial charge in [-0.05, 0) is 98.3 Å². The summed E-state index contributed by atoms with van der Waals surface area (Å²) in [4.78, 5) is 17.2. The van der Waals surface area contributed by atoms with E-state index < -0.39 is 5.41 Å². The Morgan fingerprint density at radius 1 is 0.537 bits per heavy atom. The van der Waals surface area contributed by atoms with E-state index in [0.29, 0.717) is 6.42 Å². The van der Waals surface area contributed by atoms with Crippen molar-refractivity contribution in [2.75, 3.05) is 4.90 Å². The molecule has 0 aromatic heterocycles. The molecule has 2 aliphatic carbocycles. The zero-order valence-electron chi connectivity index (χ0n) is 29.6. The maximum absolute atomic E-state index is 15.2. The molecule has 0 saturated heterocycles. The maximum Gasteiger partial charge on any atom is 0.259 e. The van der Waals surface area contributed by atoms with E-state index in [9.17, 15) is 0 Å². The molecule has 3 heteroatoms. The van der Waals surface area contributed by atoms with E-state index in [4.69, 9.17) is 0 Å². The second-order valence-electron chi connectivity index (χ2n) is 14.4. The van der Waals surface area contributed by atoms with Gasteiger partial charge in [-0.1, -0.05) is 180 Å². The van der Waals surface area contributed by atoms with Gasteiger partial charge in [0.05, 0.1) is 16.8 Å². The van der Waals surface area contributed by atoms with Crippen molar-refractivity contribution in [3.8, 4) is 22.3 Å². The van der Waals surface area contributed by atoms with Gasteiger partial charge in [-0.2, -0.15) is 0 Å². The van der Waals surface area contributed by atoms with Gasteiger partial charge < -0.3 is 0 Å². The summed E-state index contributed by atoms with van der Waals surface area (Å²) < 4.78 is 0.850. The molecule has 1 aliphatic heterocycles. The average molecular weight is 759 g/mol. The highest BCUT2D eigenvalue weighted by molar-refractivity contribution is 9.12. The van der Waals surface area contributed by atoms with Crippen LogP contribution in [0.1, 0.15) is 57.7 Å². The molecule has 0 radical (unpaired) electrons. The predicted molar refractivity (Wildman–Crippen MR) is 224 cm³/mol. The van der Waals surface area contributed by atoms with Crippen LogP contribution in [0, 0.1) is 0 Å². The van der Waals surface area contributed by atoms with Crippen molar-refractivity contribution in [3.63, 3.8) is 0 Å². The Hall–Kier alpha value is -6.03. The van der Waals surface area contributed by atoms with Gasteiger partial charge in [-0.3, -0.25) is 9.69 Å². The Balaban J connectivity index is 1.36. The van der Waals surface area contributed by atoms with E-state index in [-0.39, 0.29) is 11.8 Å². The van der Waals surface area contributed by atoms with Gasteiger partial charge in [-0.15, -0.1) is 0 Å². The monoisotopic (exact) mass is 757 g/mol. The first-order valence-corrected chi connectivity index (χ1v) is 19.5. The fraction of sp³-hybridized carbons (Fsp3) is 0.0784. The molecule has 54 heavy (non-hydrogen) atoms. The molecule has 1 heterocycles. The lowest BCUT2D eigenvalue weighted by atomic mass is 9.55. The van der Waals surface area contributed by atoms with Gasteiger partial charge >= 0.3 is 0 Å². The minimum absolute atomic E-state index is 0.00281. The summed E-state index contributed by atoms with van der Waals surface area (Å²) in [7, 11) is 0. The molecule has 10 rings (SSSR count). The van der Waals surface area contributed by atoms with Crippen LogP contribution in [0.2, 0.25) is 0 Å². The largest absolute Gasteiger partial charge is 0.277 e. The van der Waals surface area contributed by atoms with Crippen LogP contribution in [-0.4, -0.2) is 5.91 Å². The summed E-state index contributed by atoms with van der Waals surface area (Å²) in [6, 6.07) is 63.6. The lowest BCUT2D eigenvalue weighted by Gasteiger charge is -2.50. The quantitative estimate of drug-likeness (QED) is 0.175. The van der Waals surface area contributed by atoms with E-state index in [1.165, 1.54) is 27.8 Å². The van der Waals surface area contributed by atoms with E-state index in [2.05, 4.69) is 198 Å². The number of nitrogens with zero attached hydrogens (tertiary/aromatic N) is 1. The number of hydrogen-bond donors (Lipinski definition) is 0. The first-order valence-electron chi connectivity index (χ1n) is 18.7. The number of amides is 1. The molecule has 7 aromatic carbocycles. The molecule has 1 amide bonds. The van der Waals surface area contributed by atoms with Crippen LogP contribution in [0.3, 0.4) is 0 Å². The first kappa shape index (κ1) is 32.6. The Labute approximate surface area is 324 Å². The molecule has 0 saturated carbocycles. The van der Waals surface area contributed by atoms with Gasteiger partial charge in [0.1, 0.15) is 0 Å². The molecule has 0 fully saturated rings. The maximum atomic E-state index is 15.2. The van der Waals surface area contributed by atoms with Crippen molar-refractivity contribution in [3.05, 3.63) is 237 Å². The summed E-state index contributed by atoms with van der Waals surface area (Å²) >= 11 is 3.77. The number of hydrogen-bond acceptors (Lipinski definition) is 1. The number of rotatable bonds is 4. The lowest BCUT2D eigenvalue weighted by Crippen LogP contribution is -2.44. The van der Waals surface area contributed by atoms with Gasteiger partial charge in [0.15, 0.2) is 0 Å². The number of benzene rings is 7. The van der Waals surface area contributed by atoms with Crippen molar-refractivity contribution in [2.24, 2.45) is 0 Å². The zero-order chi connectivity index (χ0) is 36.2. The van der Waals surface area contributed by atoms with Crippen molar-refractivity contribution in [2.45, 2.75) is 24.2 Å². The smallest absolute Gasteiger partial charge is 0.259 e. The van der Waals surface area contributed by atoms with Gasteiger partial charge in [0.2, 0.25) is 0 Å². The minimum Gasteiger partial charge on any atom is -0.277 e. The molecule has 0 unspecified atom stereocenters. The van der Waals surface area contributed by atoms with Crippen LogP contribution < -0.4 is 4.90 Å². The van der Waals surface area contributed by atoms with Crippen LogP contribution in [0.4, 0.5) is 11.4 Å². The molecule has 2 nitrogen and oxygen atoms in total. The summed E-state index contributed by atoms with van der Waals surface area (Å²) in [5.41, 5.74) is 14.9. The second kappa shape index (κ2) is 13.1. The number of allylic oxidation sites excluding steroid dienone is 3. The highest BCUT2D eigenvalue weighted by atomic mass is 79.9. The van der Waals surface area contributed by atoms with E-state index >= 15 is 4.79 Å². The summed E-state index contributed by atoms with van der Waals surface area (Å²) in [6.45, 7) is 0. The van der Waals surface area contributed by atoms with Crippen molar-refractivity contribution in [1.29, 1.82) is 0 Å². The predicted octanol–water partition coefficient (Wildman–Crippen LogP) is 12.9. The van der Waals surface area contributed by atoms with Crippen LogP contribution in [0.5, 0.6) is 0 Å². The topological polar surface area (TPSA) is 20.3 Å². The number of anilines is 2. The third kappa shape index (κ3) is 4.96. The Kier molecular flexibility index (Phi) is 7.92. The minimum atomic E-state index is -0.742. The van der Waals surface area contributed by atoms with Crippen LogP contribution >= 0.6 is 15.9 Å². The SMILES string of the molecule is O=C(C1=C(Br)C=CCC1)N1c2ccc(-c3ccccc3)cc2C2(c3ccccc3C(c3ccccc3)c3ccccc32)c2cc(-c3ccccc3)ccc21. The van der Waals surface area contributed by atoms with Gasteiger partial charge in [0.25, 0.3) is 5.91 Å². The van der Waals surface area contributed by atoms with E-state index in [1.54, 1.807) is 0 Å². The molecule has 258 valence electrons. The summed E-state index contributed by atoms with van der Waals surface area (Å²) in [6.07, 6.45) is 5.66. The Morgan fingerprint density at radius 3 is 1.54 bits per heavy atom. The standard InChI is InChI=1S/C51H36BrNO/c52-46-27-15-12-24-41(46)50(54)53-47-30-28-37(34-16-4-1-5-17-34)32-44(47)51(45-33-38(29-31-48(45)53)35-18-6-2-7-19-35)42-25-13-10-22-39(42)49(36-20-8-3-9-21-36)40-23-11-14-26-43(40)51/h1-11,13-23,25-33,49H,12,24H2. The van der Waals surface area contributed by atoms with Crippen LogP contribution in [0.25, 0.3) is 22.3 Å². The molecular weight excluding hydrogens is 722 g/mol. The average Bonchev–Trinajstić information content (AvgIpc) is 3.24. The van der Waals surface area contributed by atoms with E-state index in [1.807, 2.05) is 11.0 Å². The first-order chi connectivity index (χ1) is 26.6. The number of fused-ring (bicyclic) bond motifs is 8. The highest BCUT2D eigenvalue weighted by Gasteiger charge is 2.53. The lowest BCUT2D eigenvalue weighted by molar-refractivity contribution is -0.114. The second-order valence-corrected chi connectivity index (χ2v) is 15.2. The van der Waals surface area contributed by atoms with E-state index in [0.717, 1.165) is 61.2 Å². The molecule has 1 spiro atoms. The van der Waals surface area contributed by atoms with Crippen molar-refractivity contribution < 1.29 is 4.79 Å². The third-order valence-electron chi connectivity index (χ3n) is 11.6. The molecular formula is C51H36BrNO. The molecule has 0 atom stereocenters. The van der Waals surface area contributed by atoms with Crippen molar-refractivity contribution >= 4 is 33.2 Å². The Morgan fingerprint density at radius 2 is 1.02 bits per heavy atom. The number of carbonyl (C=O) groups excluding carboxylic acids is 1. The van der Waals surface area contributed by atoms with Gasteiger partial charge in [0, 0.05) is 16.0 Å². The highest BCUT2D eigenvalue weighted by Crippen LogP contribution is 2.62. The van der Waals surface area contributed by atoms with Crippen LogP contribution in [0.15, 0.2) is 198 Å². The molecule has 0 N–H and O–H groups in total. The van der Waals surface area contributed by atoms with Gasteiger partial charge in [-0.25, -0.2) is 0 Å². The van der Waals surface area contributed by atoms with Crippen molar-refractivity contribution in [1.82, 2.24) is 0 Å². The normalized spacial score (nSPS) is 15.3. The molecule has 7 aromatic rings. The fourth-order valence-corrected chi connectivity index (χ4v) is 9.79. The zero-order valence-corrected chi connectivity index (χ0v) is 31.2. The number of halogens is 1. The van der Waals surface area contributed by atoms with Crippen LogP contribution in [-0.2, 0) is 10.2 Å². The third-order valence-corrected chi connectivity index (χ3v) is 12.3.